The molecule has 0 aliphatic carbocycles. The molecule has 1 aromatic heterocycles. The highest BCUT2D eigenvalue weighted by molar-refractivity contribution is 7.18. The Labute approximate surface area is 146 Å². The number of aliphatic hydroxyl groups excluding tert-OH is 1. The number of likely N-dealkylation sites (tertiary alicyclic amines) is 1. The molecule has 1 amide bonds. The number of thiazole rings is 1. The highest BCUT2D eigenvalue weighted by atomic mass is 32.1. The second-order valence-electron chi connectivity index (χ2n) is 6.63. The number of carbonyl (C=O) groups is 1. The van der Waals surface area contributed by atoms with Gasteiger partial charge in [0.2, 0.25) is 5.91 Å². The quantitative estimate of drug-likeness (QED) is 0.841. The van der Waals surface area contributed by atoms with Crippen molar-refractivity contribution in [3.8, 4) is 0 Å². The largest absolute Gasteiger partial charge is 0.396 e. The number of nitrogens with one attached hydrogen (secondary N) is 1. The zero-order valence-corrected chi connectivity index (χ0v) is 14.9. The topological polar surface area (TPSA) is 65.5 Å². The summed E-state index contributed by atoms with van der Waals surface area (Å²) in [6.45, 7) is 5.22. The molecule has 6 heteroatoms. The average Bonchev–Trinajstić information content (AvgIpc) is 3.04. The molecule has 1 saturated heterocycles. The number of nitrogens with zero attached hydrogens (tertiary/aromatic N) is 2. The number of aliphatic hydroxyl groups is 1. The average molecular weight is 347 g/mol. The molecule has 2 N–H and O–H groups in total. The van der Waals surface area contributed by atoms with Gasteiger partial charge in [-0.15, -0.1) is 11.3 Å². The highest BCUT2D eigenvalue weighted by Gasteiger charge is 2.20. The Morgan fingerprint density at radius 2 is 2.17 bits per heavy atom. The molecule has 3 rings (SSSR count). The van der Waals surface area contributed by atoms with Crippen molar-refractivity contribution in [3.05, 3.63) is 29.3 Å². The van der Waals surface area contributed by atoms with E-state index in [-0.39, 0.29) is 18.4 Å². The van der Waals surface area contributed by atoms with E-state index < -0.39 is 0 Å². The van der Waals surface area contributed by atoms with Crippen LogP contribution in [0.1, 0.15) is 30.7 Å². The van der Waals surface area contributed by atoms with Crippen molar-refractivity contribution in [3.63, 3.8) is 0 Å². The van der Waals surface area contributed by atoms with E-state index in [1.807, 2.05) is 18.2 Å². The monoisotopic (exact) mass is 347 g/mol. The van der Waals surface area contributed by atoms with E-state index >= 15 is 0 Å². The third-order valence-electron chi connectivity index (χ3n) is 4.67. The van der Waals surface area contributed by atoms with E-state index in [0.29, 0.717) is 19.0 Å². The van der Waals surface area contributed by atoms with Crippen LogP contribution >= 0.6 is 11.3 Å². The molecule has 0 unspecified atom stereocenters. The number of rotatable bonds is 6. The van der Waals surface area contributed by atoms with E-state index in [1.165, 1.54) is 4.70 Å². The molecule has 0 radical (unpaired) electrons. The van der Waals surface area contributed by atoms with Gasteiger partial charge >= 0.3 is 0 Å². The Morgan fingerprint density at radius 3 is 2.88 bits per heavy atom. The predicted molar refractivity (Wildman–Crippen MR) is 97.3 cm³/mol. The maximum atomic E-state index is 12.2. The Balaban J connectivity index is 1.45. The van der Waals surface area contributed by atoms with Crippen LogP contribution in [0.25, 0.3) is 10.2 Å². The minimum atomic E-state index is 0.0745. The van der Waals surface area contributed by atoms with Crippen LogP contribution in [-0.4, -0.2) is 53.7 Å². The molecule has 5 nitrogen and oxygen atoms in total. The first-order chi connectivity index (χ1) is 11.7. The van der Waals surface area contributed by atoms with Crippen LogP contribution in [0.4, 0.5) is 0 Å². The molecule has 130 valence electrons. The molecular formula is C18H25N3O2S. The molecule has 1 aliphatic rings. The fraction of sp³-hybridized carbons (Fsp3) is 0.556. The van der Waals surface area contributed by atoms with Gasteiger partial charge in [-0.25, -0.2) is 4.98 Å². The summed E-state index contributed by atoms with van der Waals surface area (Å²) in [6, 6.07) is 8.13. The zero-order chi connectivity index (χ0) is 16.9. The summed E-state index contributed by atoms with van der Waals surface area (Å²) >= 11 is 1.70. The first-order valence-electron chi connectivity index (χ1n) is 8.61. The van der Waals surface area contributed by atoms with Crippen molar-refractivity contribution < 1.29 is 9.90 Å². The maximum Gasteiger partial charge on any atom is 0.234 e. The fourth-order valence-corrected chi connectivity index (χ4v) is 4.06. The third kappa shape index (κ3) is 4.32. The molecule has 24 heavy (non-hydrogen) atoms. The van der Waals surface area contributed by atoms with Gasteiger partial charge in [0.1, 0.15) is 0 Å². The second kappa shape index (κ2) is 8.05. The first kappa shape index (κ1) is 17.3. The van der Waals surface area contributed by atoms with Gasteiger partial charge in [-0.3, -0.25) is 9.69 Å². The molecule has 1 aliphatic heterocycles. The number of fused-ring (bicyclic) bond motifs is 1. The molecular weight excluding hydrogens is 322 g/mol. The van der Waals surface area contributed by atoms with Crippen molar-refractivity contribution in [1.29, 1.82) is 0 Å². The summed E-state index contributed by atoms with van der Waals surface area (Å²) in [7, 11) is 0. The van der Waals surface area contributed by atoms with Gasteiger partial charge in [0.25, 0.3) is 0 Å². The lowest BCUT2D eigenvalue weighted by atomic mass is 9.98. The van der Waals surface area contributed by atoms with Crippen LogP contribution in [0.5, 0.6) is 0 Å². The van der Waals surface area contributed by atoms with E-state index in [2.05, 4.69) is 28.2 Å². The van der Waals surface area contributed by atoms with Crippen molar-refractivity contribution in [2.45, 2.75) is 25.7 Å². The standard InChI is InChI=1S/C18H25N3O2S/c1-13(18-20-15-4-2-3-5-16(15)24-18)10-19-17(23)11-21-8-6-14(12-22)7-9-21/h2-5,13-14,22H,6-12H2,1H3,(H,19,23)/t13-/m1/s1. The third-order valence-corrected chi connectivity index (χ3v) is 5.94. The van der Waals surface area contributed by atoms with Crippen LogP contribution in [0.2, 0.25) is 0 Å². The van der Waals surface area contributed by atoms with Gasteiger partial charge in [-0.05, 0) is 44.0 Å². The van der Waals surface area contributed by atoms with Gasteiger partial charge in [0.15, 0.2) is 0 Å². The second-order valence-corrected chi connectivity index (χ2v) is 7.69. The maximum absolute atomic E-state index is 12.2. The molecule has 0 bridgehead atoms. The van der Waals surface area contributed by atoms with Crippen molar-refractivity contribution in [2.75, 3.05) is 32.8 Å². The number of para-hydroxylation sites is 1. The lowest BCUT2D eigenvalue weighted by molar-refractivity contribution is -0.122. The smallest absolute Gasteiger partial charge is 0.234 e. The van der Waals surface area contributed by atoms with Gasteiger partial charge in [0, 0.05) is 19.1 Å². The van der Waals surface area contributed by atoms with Gasteiger partial charge < -0.3 is 10.4 Å². The summed E-state index contributed by atoms with van der Waals surface area (Å²) in [6.07, 6.45) is 1.96. The Morgan fingerprint density at radius 1 is 1.42 bits per heavy atom. The number of hydrogen-bond acceptors (Lipinski definition) is 5. The van der Waals surface area contributed by atoms with Crippen molar-refractivity contribution in [1.82, 2.24) is 15.2 Å². The summed E-state index contributed by atoms with van der Waals surface area (Å²) in [4.78, 5) is 19.0. The Bertz CT molecular complexity index is 647. The Hall–Kier alpha value is -1.50. The van der Waals surface area contributed by atoms with Crippen molar-refractivity contribution >= 4 is 27.5 Å². The van der Waals surface area contributed by atoms with Crippen LogP contribution in [0.15, 0.2) is 24.3 Å². The zero-order valence-electron chi connectivity index (χ0n) is 14.1. The predicted octanol–water partition coefficient (Wildman–Crippen LogP) is 2.22. The van der Waals surface area contributed by atoms with Crippen molar-refractivity contribution in [2.24, 2.45) is 5.92 Å². The van der Waals surface area contributed by atoms with Gasteiger partial charge in [-0.2, -0.15) is 0 Å². The summed E-state index contributed by atoms with van der Waals surface area (Å²) in [5.74, 6) is 0.695. The molecule has 1 aromatic carbocycles. The number of amides is 1. The van der Waals surface area contributed by atoms with E-state index in [9.17, 15) is 4.79 Å². The lowest BCUT2D eigenvalue weighted by Gasteiger charge is -2.30. The minimum absolute atomic E-state index is 0.0745. The molecule has 0 spiro atoms. The number of piperidine rings is 1. The number of hydrogen-bond donors (Lipinski definition) is 2. The van der Waals surface area contributed by atoms with Crippen LogP contribution in [-0.2, 0) is 4.79 Å². The molecule has 1 atom stereocenters. The first-order valence-corrected chi connectivity index (χ1v) is 9.42. The normalized spacial score (nSPS) is 17.9. The number of carbonyl (C=O) groups excluding carboxylic acids is 1. The molecule has 2 aromatic rings. The van der Waals surface area contributed by atoms with Crippen LogP contribution in [0.3, 0.4) is 0 Å². The van der Waals surface area contributed by atoms with E-state index in [4.69, 9.17) is 5.11 Å². The number of benzene rings is 1. The molecule has 1 fully saturated rings. The van der Waals surface area contributed by atoms with Gasteiger partial charge in [0.05, 0.1) is 21.8 Å². The van der Waals surface area contributed by atoms with Crippen LogP contribution < -0.4 is 5.32 Å². The highest BCUT2D eigenvalue weighted by Crippen LogP contribution is 2.26. The summed E-state index contributed by atoms with van der Waals surface area (Å²) < 4.78 is 1.19. The van der Waals surface area contributed by atoms with Gasteiger partial charge in [-0.1, -0.05) is 19.1 Å². The minimum Gasteiger partial charge on any atom is -0.396 e. The number of aromatic nitrogens is 1. The van der Waals surface area contributed by atoms with E-state index in [1.54, 1.807) is 11.3 Å². The SMILES string of the molecule is C[C@H](CNC(=O)CN1CCC(CO)CC1)c1nc2ccccc2s1. The molecule has 0 saturated carbocycles. The summed E-state index contributed by atoms with van der Waals surface area (Å²) in [5, 5.41) is 13.3. The lowest BCUT2D eigenvalue weighted by Crippen LogP contribution is -2.42. The fourth-order valence-electron chi connectivity index (χ4n) is 3.04. The van der Waals surface area contributed by atoms with Crippen LogP contribution in [0, 0.1) is 5.92 Å². The Kier molecular flexibility index (Phi) is 5.81. The molecule has 2 heterocycles. The summed E-state index contributed by atoms with van der Waals surface area (Å²) in [5.41, 5.74) is 1.03. The van der Waals surface area contributed by atoms with E-state index in [0.717, 1.165) is 36.5 Å².